The number of hydrogen-bond acceptors (Lipinski definition) is 3. The predicted octanol–water partition coefficient (Wildman–Crippen LogP) is 2.19. The van der Waals surface area contributed by atoms with Crippen molar-refractivity contribution in [3.63, 3.8) is 0 Å². The fraction of sp³-hybridized carbons (Fsp3) is 0.273. The maximum Gasteiger partial charge on any atom is 0.119 e. The van der Waals surface area contributed by atoms with Gasteiger partial charge >= 0.3 is 0 Å². The van der Waals surface area contributed by atoms with E-state index in [1.54, 1.807) is 12.3 Å². The molecule has 0 aromatic heterocycles. The molecule has 14 heavy (non-hydrogen) atoms. The Balaban J connectivity index is 2.46. The van der Waals surface area contributed by atoms with E-state index < -0.39 is 0 Å². The molecule has 0 fully saturated rings. The monoisotopic (exact) mass is 188 g/mol. The van der Waals surface area contributed by atoms with Gasteiger partial charge < -0.3 is 5.11 Å². The Labute approximate surface area is 82.8 Å². The smallest absolute Gasteiger partial charge is 0.119 e. The van der Waals surface area contributed by atoms with Crippen LogP contribution in [0.25, 0.3) is 0 Å². The number of rotatable bonds is 1. The first-order valence-corrected chi connectivity index (χ1v) is 4.57. The second-order valence-electron chi connectivity index (χ2n) is 3.49. The maximum absolute atomic E-state index is 9.65. The van der Waals surface area contributed by atoms with E-state index in [-0.39, 0.29) is 0 Å². The van der Waals surface area contributed by atoms with Crippen LogP contribution in [0.15, 0.2) is 22.3 Å². The lowest BCUT2D eigenvalue weighted by Crippen LogP contribution is -1.99. The van der Waals surface area contributed by atoms with Gasteiger partial charge in [-0.25, -0.2) is 0 Å². The van der Waals surface area contributed by atoms with Gasteiger partial charge in [-0.3, -0.25) is 0 Å². The number of phenolic OH excluding ortho intramolecular Hbond substituents is 1. The molecule has 0 amide bonds. The molecular formula is C11H12N2O. The summed E-state index contributed by atoms with van der Waals surface area (Å²) in [6.07, 6.45) is 2.52. The summed E-state index contributed by atoms with van der Waals surface area (Å²) in [5, 5.41) is 17.4. The Morgan fingerprint density at radius 3 is 2.64 bits per heavy atom. The van der Waals surface area contributed by atoms with Crippen molar-refractivity contribution in [2.24, 2.45) is 10.2 Å². The minimum atomic E-state index is 0.328. The molecule has 1 aliphatic heterocycles. The van der Waals surface area contributed by atoms with E-state index in [1.165, 1.54) is 0 Å². The Bertz CT molecular complexity index is 410. The zero-order chi connectivity index (χ0) is 10.1. The highest BCUT2D eigenvalue weighted by atomic mass is 16.3. The van der Waals surface area contributed by atoms with Crippen molar-refractivity contribution in [3.8, 4) is 5.75 Å². The molecule has 1 heterocycles. The van der Waals surface area contributed by atoms with E-state index >= 15 is 0 Å². The molecule has 1 aliphatic rings. The van der Waals surface area contributed by atoms with E-state index in [9.17, 15) is 5.11 Å². The fourth-order valence-corrected chi connectivity index (χ4v) is 1.46. The van der Waals surface area contributed by atoms with Crippen LogP contribution < -0.4 is 0 Å². The highest BCUT2D eigenvalue weighted by molar-refractivity contribution is 6.09. The molecular weight excluding hydrogens is 176 g/mol. The standard InChI is InChI=1S/C11H12N2O/c1-7-5-9(6-11(14)8(7)2)10-3-4-12-13-10/h4-6,14H,3H2,1-2H3. The average molecular weight is 188 g/mol. The zero-order valence-electron chi connectivity index (χ0n) is 8.28. The van der Waals surface area contributed by atoms with Gasteiger partial charge in [-0.1, -0.05) is 0 Å². The summed E-state index contributed by atoms with van der Waals surface area (Å²) in [5.41, 5.74) is 3.88. The molecule has 3 heteroatoms. The molecule has 0 aliphatic carbocycles. The van der Waals surface area contributed by atoms with Crippen LogP contribution in [0, 0.1) is 13.8 Å². The van der Waals surface area contributed by atoms with E-state index in [0.29, 0.717) is 5.75 Å². The summed E-state index contributed by atoms with van der Waals surface area (Å²) in [6, 6.07) is 3.78. The van der Waals surface area contributed by atoms with Crippen LogP contribution in [-0.2, 0) is 0 Å². The summed E-state index contributed by atoms with van der Waals surface area (Å²) >= 11 is 0. The molecule has 0 radical (unpaired) electrons. The first-order chi connectivity index (χ1) is 6.68. The van der Waals surface area contributed by atoms with Crippen molar-refractivity contribution in [3.05, 3.63) is 28.8 Å². The van der Waals surface area contributed by atoms with Gasteiger partial charge in [-0.2, -0.15) is 10.2 Å². The largest absolute Gasteiger partial charge is 0.508 e. The molecule has 2 rings (SSSR count). The van der Waals surface area contributed by atoms with Crippen molar-refractivity contribution in [2.45, 2.75) is 20.3 Å². The second-order valence-corrected chi connectivity index (χ2v) is 3.49. The highest BCUT2D eigenvalue weighted by Gasteiger charge is 2.10. The van der Waals surface area contributed by atoms with Gasteiger partial charge in [-0.15, -0.1) is 0 Å². The van der Waals surface area contributed by atoms with Gasteiger partial charge in [0.15, 0.2) is 0 Å². The molecule has 0 saturated carbocycles. The fourth-order valence-electron chi connectivity index (χ4n) is 1.46. The maximum atomic E-state index is 9.65. The molecule has 0 saturated heterocycles. The van der Waals surface area contributed by atoms with Crippen molar-refractivity contribution in [1.29, 1.82) is 0 Å². The Kier molecular flexibility index (Phi) is 2.08. The first-order valence-electron chi connectivity index (χ1n) is 4.57. The van der Waals surface area contributed by atoms with E-state index in [2.05, 4.69) is 10.2 Å². The minimum Gasteiger partial charge on any atom is -0.508 e. The van der Waals surface area contributed by atoms with Crippen LogP contribution in [-0.4, -0.2) is 17.0 Å². The third-order valence-electron chi connectivity index (χ3n) is 2.52. The van der Waals surface area contributed by atoms with Crippen molar-refractivity contribution in [1.82, 2.24) is 0 Å². The summed E-state index contributed by atoms with van der Waals surface area (Å²) in [4.78, 5) is 0. The van der Waals surface area contributed by atoms with Crippen LogP contribution in [0.3, 0.4) is 0 Å². The van der Waals surface area contributed by atoms with Crippen molar-refractivity contribution >= 4 is 11.9 Å². The van der Waals surface area contributed by atoms with Gasteiger partial charge in [0.25, 0.3) is 0 Å². The Morgan fingerprint density at radius 1 is 1.29 bits per heavy atom. The van der Waals surface area contributed by atoms with Crippen LogP contribution in [0.2, 0.25) is 0 Å². The lowest BCUT2D eigenvalue weighted by molar-refractivity contribution is 0.470. The number of nitrogens with zero attached hydrogens (tertiary/aromatic N) is 2. The van der Waals surface area contributed by atoms with Crippen LogP contribution in [0.1, 0.15) is 23.1 Å². The second kappa shape index (κ2) is 3.25. The molecule has 0 atom stereocenters. The summed E-state index contributed by atoms with van der Waals surface area (Å²) in [7, 11) is 0. The van der Waals surface area contributed by atoms with E-state index in [0.717, 1.165) is 28.8 Å². The van der Waals surface area contributed by atoms with Crippen molar-refractivity contribution in [2.75, 3.05) is 0 Å². The molecule has 0 bridgehead atoms. The quantitative estimate of drug-likeness (QED) is 0.721. The average Bonchev–Trinajstić information content (AvgIpc) is 2.66. The third-order valence-corrected chi connectivity index (χ3v) is 2.52. The zero-order valence-corrected chi connectivity index (χ0v) is 8.28. The topological polar surface area (TPSA) is 45.0 Å². The predicted molar refractivity (Wildman–Crippen MR) is 57.2 cm³/mol. The molecule has 0 unspecified atom stereocenters. The molecule has 1 aromatic carbocycles. The number of benzene rings is 1. The van der Waals surface area contributed by atoms with Gasteiger partial charge in [0, 0.05) is 18.2 Å². The lowest BCUT2D eigenvalue weighted by Gasteiger charge is -2.06. The molecule has 1 aromatic rings. The molecule has 3 nitrogen and oxygen atoms in total. The number of aryl methyl sites for hydroxylation is 1. The number of hydrogen-bond donors (Lipinski definition) is 1. The normalized spacial score (nSPS) is 14.6. The van der Waals surface area contributed by atoms with Gasteiger partial charge in [0.1, 0.15) is 5.75 Å². The van der Waals surface area contributed by atoms with Gasteiger partial charge in [0.05, 0.1) is 5.71 Å². The van der Waals surface area contributed by atoms with Gasteiger partial charge in [0.2, 0.25) is 0 Å². The highest BCUT2D eigenvalue weighted by Crippen LogP contribution is 2.23. The van der Waals surface area contributed by atoms with E-state index in [1.807, 2.05) is 19.9 Å². The lowest BCUT2D eigenvalue weighted by atomic mass is 10.0. The first kappa shape index (κ1) is 8.94. The molecule has 72 valence electrons. The SMILES string of the molecule is Cc1cc(C2=NN=CC2)cc(O)c1C. The molecule has 1 N–H and O–H groups in total. The Hall–Kier alpha value is -1.64. The van der Waals surface area contributed by atoms with Crippen LogP contribution in [0.5, 0.6) is 5.75 Å². The number of aromatic hydroxyl groups is 1. The van der Waals surface area contributed by atoms with Crippen molar-refractivity contribution < 1.29 is 5.11 Å². The minimum absolute atomic E-state index is 0.328. The Morgan fingerprint density at radius 2 is 2.07 bits per heavy atom. The third kappa shape index (κ3) is 1.41. The number of phenols is 1. The summed E-state index contributed by atoms with van der Waals surface area (Å²) < 4.78 is 0. The summed E-state index contributed by atoms with van der Waals surface area (Å²) in [6.45, 7) is 3.89. The summed E-state index contributed by atoms with van der Waals surface area (Å²) in [5.74, 6) is 0.328. The van der Waals surface area contributed by atoms with Gasteiger partial charge in [-0.05, 0) is 37.1 Å². The van der Waals surface area contributed by atoms with Crippen LogP contribution in [0.4, 0.5) is 0 Å². The molecule has 0 spiro atoms. The van der Waals surface area contributed by atoms with E-state index in [4.69, 9.17) is 0 Å². The van der Waals surface area contributed by atoms with Crippen LogP contribution >= 0.6 is 0 Å².